The van der Waals surface area contributed by atoms with Gasteiger partial charge in [0.1, 0.15) is 6.33 Å². The molecule has 0 amide bonds. The lowest BCUT2D eigenvalue weighted by Crippen LogP contribution is -2.44. The van der Waals surface area contributed by atoms with Crippen LogP contribution in [0.1, 0.15) is 25.5 Å². The normalized spacial score (nSPS) is 16.5. The summed E-state index contributed by atoms with van der Waals surface area (Å²) in [6.07, 6.45) is 7.88. The molecule has 1 aliphatic rings. The molecule has 2 aromatic rings. The van der Waals surface area contributed by atoms with Crippen LogP contribution in [0.15, 0.2) is 24.8 Å². The van der Waals surface area contributed by atoms with E-state index in [1.54, 1.807) is 0 Å². The molecule has 0 aromatic carbocycles. The van der Waals surface area contributed by atoms with Crippen LogP contribution in [0.4, 0.5) is 10.2 Å². The van der Waals surface area contributed by atoms with Crippen molar-refractivity contribution in [2.24, 2.45) is 0 Å². The second-order valence-electron chi connectivity index (χ2n) is 6.26. The summed E-state index contributed by atoms with van der Waals surface area (Å²) >= 11 is 0. The third-order valence-corrected chi connectivity index (χ3v) is 4.82. The summed E-state index contributed by atoms with van der Waals surface area (Å²) in [7, 11) is 1.94. The number of anilines is 1. The van der Waals surface area contributed by atoms with Crippen LogP contribution in [0.2, 0.25) is 0 Å². The number of aromatic nitrogens is 4. The van der Waals surface area contributed by atoms with Gasteiger partial charge in [0.05, 0.1) is 12.2 Å². The SMILES string of the molecule is CCc1ncnc(N(C)C2CCN(CCn3cccn3)CC2)c1F. The smallest absolute Gasteiger partial charge is 0.187 e. The van der Waals surface area contributed by atoms with Gasteiger partial charge in [0.2, 0.25) is 0 Å². The van der Waals surface area contributed by atoms with Gasteiger partial charge in [-0.1, -0.05) is 6.92 Å². The topological polar surface area (TPSA) is 50.1 Å². The Hall–Kier alpha value is -2.02. The van der Waals surface area contributed by atoms with Crippen LogP contribution in [-0.2, 0) is 13.0 Å². The summed E-state index contributed by atoms with van der Waals surface area (Å²) < 4.78 is 16.4. The molecule has 0 atom stereocenters. The molecule has 0 unspecified atom stereocenters. The van der Waals surface area contributed by atoms with Crippen molar-refractivity contribution >= 4 is 5.82 Å². The highest BCUT2D eigenvalue weighted by atomic mass is 19.1. The molecule has 0 saturated carbocycles. The van der Waals surface area contributed by atoms with Gasteiger partial charge in [0.15, 0.2) is 11.6 Å². The zero-order chi connectivity index (χ0) is 16.9. The van der Waals surface area contributed by atoms with Crippen LogP contribution in [-0.4, -0.2) is 57.4 Å². The van der Waals surface area contributed by atoms with Crippen molar-refractivity contribution < 1.29 is 4.39 Å². The fraction of sp³-hybridized carbons (Fsp3) is 0.588. The zero-order valence-corrected chi connectivity index (χ0v) is 14.4. The number of nitrogens with zero attached hydrogens (tertiary/aromatic N) is 6. The van der Waals surface area contributed by atoms with E-state index in [4.69, 9.17) is 0 Å². The molecule has 1 fully saturated rings. The lowest BCUT2D eigenvalue weighted by atomic mass is 10.0. The average molecular weight is 332 g/mol. The van der Waals surface area contributed by atoms with E-state index in [1.165, 1.54) is 6.33 Å². The largest absolute Gasteiger partial charge is 0.354 e. The van der Waals surface area contributed by atoms with E-state index in [2.05, 4.69) is 20.0 Å². The van der Waals surface area contributed by atoms with Crippen molar-refractivity contribution in [2.45, 2.75) is 38.8 Å². The quantitative estimate of drug-likeness (QED) is 0.809. The van der Waals surface area contributed by atoms with Crippen LogP contribution < -0.4 is 4.90 Å². The van der Waals surface area contributed by atoms with Crippen LogP contribution >= 0.6 is 0 Å². The van der Waals surface area contributed by atoms with Gasteiger partial charge in [-0.2, -0.15) is 5.10 Å². The number of hydrogen-bond acceptors (Lipinski definition) is 5. The van der Waals surface area contributed by atoms with Crippen molar-refractivity contribution in [1.29, 1.82) is 0 Å². The first kappa shape index (κ1) is 16.8. The summed E-state index contributed by atoms with van der Waals surface area (Å²) in [6, 6.07) is 2.27. The van der Waals surface area contributed by atoms with Gasteiger partial charge in [0.25, 0.3) is 0 Å². The first-order chi connectivity index (χ1) is 11.7. The van der Waals surface area contributed by atoms with Crippen molar-refractivity contribution in [2.75, 3.05) is 31.6 Å². The maximum atomic E-state index is 14.4. The van der Waals surface area contributed by atoms with Crippen molar-refractivity contribution in [1.82, 2.24) is 24.6 Å². The standard InChI is InChI=1S/C17H25FN6/c1-3-15-16(18)17(20-13-19-15)22(2)14-5-9-23(10-6-14)11-12-24-8-4-7-21-24/h4,7-8,13-14H,3,5-6,9-12H2,1-2H3. The maximum Gasteiger partial charge on any atom is 0.187 e. The number of likely N-dealkylation sites (tertiary alicyclic amines) is 1. The molecule has 7 heteroatoms. The first-order valence-corrected chi connectivity index (χ1v) is 8.61. The Bertz CT molecular complexity index is 637. The van der Waals surface area contributed by atoms with Crippen molar-refractivity contribution in [3.8, 4) is 0 Å². The molecular formula is C17H25FN6. The Balaban J connectivity index is 1.54. The molecule has 0 N–H and O–H groups in total. The fourth-order valence-corrected chi connectivity index (χ4v) is 3.27. The van der Waals surface area contributed by atoms with E-state index in [0.29, 0.717) is 24.0 Å². The Labute approximate surface area is 142 Å². The first-order valence-electron chi connectivity index (χ1n) is 8.61. The molecule has 3 heterocycles. The van der Waals surface area contributed by atoms with E-state index in [-0.39, 0.29) is 5.82 Å². The van der Waals surface area contributed by atoms with Crippen molar-refractivity contribution in [3.63, 3.8) is 0 Å². The Morgan fingerprint density at radius 3 is 2.71 bits per heavy atom. The molecule has 6 nitrogen and oxygen atoms in total. The molecular weight excluding hydrogens is 307 g/mol. The van der Waals surface area contributed by atoms with E-state index in [9.17, 15) is 4.39 Å². The molecule has 3 rings (SSSR count). The van der Waals surface area contributed by atoms with Crippen LogP contribution in [0, 0.1) is 5.82 Å². The molecule has 130 valence electrons. The Morgan fingerprint density at radius 2 is 2.04 bits per heavy atom. The summed E-state index contributed by atoms with van der Waals surface area (Å²) in [4.78, 5) is 12.6. The lowest BCUT2D eigenvalue weighted by molar-refractivity contribution is 0.201. The van der Waals surface area contributed by atoms with E-state index >= 15 is 0 Å². The number of hydrogen-bond donors (Lipinski definition) is 0. The summed E-state index contributed by atoms with van der Waals surface area (Å²) in [5, 5.41) is 4.24. The highest BCUT2D eigenvalue weighted by Gasteiger charge is 2.25. The molecule has 0 aliphatic carbocycles. The predicted molar refractivity (Wildman–Crippen MR) is 91.5 cm³/mol. The Morgan fingerprint density at radius 1 is 1.25 bits per heavy atom. The number of aryl methyl sites for hydroxylation is 1. The zero-order valence-electron chi connectivity index (χ0n) is 14.4. The fourth-order valence-electron chi connectivity index (χ4n) is 3.27. The van der Waals surface area contributed by atoms with Gasteiger partial charge in [0, 0.05) is 45.1 Å². The second-order valence-corrected chi connectivity index (χ2v) is 6.26. The molecule has 0 spiro atoms. The molecule has 2 aromatic heterocycles. The summed E-state index contributed by atoms with van der Waals surface area (Å²) in [6.45, 7) is 5.86. The highest BCUT2D eigenvalue weighted by molar-refractivity contribution is 5.41. The van der Waals surface area contributed by atoms with E-state index in [0.717, 1.165) is 39.0 Å². The van der Waals surface area contributed by atoms with E-state index < -0.39 is 0 Å². The number of piperidine rings is 1. The van der Waals surface area contributed by atoms with Gasteiger partial charge >= 0.3 is 0 Å². The minimum Gasteiger partial charge on any atom is -0.354 e. The number of rotatable bonds is 6. The van der Waals surface area contributed by atoms with Gasteiger partial charge < -0.3 is 9.80 Å². The van der Waals surface area contributed by atoms with Gasteiger partial charge in [-0.25, -0.2) is 14.4 Å². The predicted octanol–water partition coefficient (Wildman–Crippen LogP) is 1.98. The minimum absolute atomic E-state index is 0.274. The Kier molecular flexibility index (Phi) is 5.40. The van der Waals surface area contributed by atoms with Crippen LogP contribution in [0.5, 0.6) is 0 Å². The van der Waals surface area contributed by atoms with Gasteiger partial charge in [-0.15, -0.1) is 0 Å². The molecule has 24 heavy (non-hydrogen) atoms. The van der Waals surface area contributed by atoms with Crippen LogP contribution in [0.3, 0.4) is 0 Å². The highest BCUT2D eigenvalue weighted by Crippen LogP contribution is 2.23. The van der Waals surface area contributed by atoms with E-state index in [1.807, 2.05) is 42.0 Å². The third kappa shape index (κ3) is 3.72. The second kappa shape index (κ2) is 7.70. The minimum atomic E-state index is -0.274. The summed E-state index contributed by atoms with van der Waals surface area (Å²) in [5.74, 6) is 0.153. The van der Waals surface area contributed by atoms with Crippen molar-refractivity contribution in [3.05, 3.63) is 36.3 Å². The molecule has 0 bridgehead atoms. The molecule has 0 radical (unpaired) electrons. The monoisotopic (exact) mass is 332 g/mol. The molecule has 1 aliphatic heterocycles. The number of halogens is 1. The third-order valence-electron chi connectivity index (χ3n) is 4.82. The van der Waals surface area contributed by atoms with Gasteiger partial charge in [-0.05, 0) is 25.3 Å². The lowest BCUT2D eigenvalue weighted by Gasteiger charge is -2.37. The van der Waals surface area contributed by atoms with Gasteiger partial charge in [-0.3, -0.25) is 4.68 Å². The summed E-state index contributed by atoms with van der Waals surface area (Å²) in [5.41, 5.74) is 0.489. The average Bonchev–Trinajstić information content (AvgIpc) is 3.14. The molecule has 1 saturated heterocycles. The van der Waals surface area contributed by atoms with Crippen LogP contribution in [0.25, 0.3) is 0 Å². The maximum absolute atomic E-state index is 14.4.